The van der Waals surface area contributed by atoms with Crippen molar-refractivity contribution in [3.8, 4) is 0 Å². The fourth-order valence-corrected chi connectivity index (χ4v) is 3.52. The maximum absolute atomic E-state index is 12.1. The molecular weight excluding hydrogens is 362 g/mol. The number of para-hydroxylation sites is 1. The maximum Gasteiger partial charge on any atom is 0.290 e. The molecule has 1 fully saturated rings. The van der Waals surface area contributed by atoms with E-state index < -0.39 is 0 Å². The summed E-state index contributed by atoms with van der Waals surface area (Å²) in [6.07, 6.45) is 6.21. The minimum Gasteiger partial charge on any atom is -0.483 e. The van der Waals surface area contributed by atoms with Crippen molar-refractivity contribution in [3.63, 3.8) is 0 Å². The monoisotopic (exact) mass is 393 g/mol. The molecule has 0 spiro atoms. The number of fused-ring (bicyclic) bond motifs is 1. The van der Waals surface area contributed by atoms with Gasteiger partial charge in [0.15, 0.2) is 0 Å². The van der Waals surface area contributed by atoms with Crippen LogP contribution in [0, 0.1) is 0 Å². The predicted molar refractivity (Wildman–Crippen MR) is 108 cm³/mol. The van der Waals surface area contributed by atoms with E-state index in [9.17, 15) is 4.79 Å². The number of likely N-dealkylation sites (tertiary alicyclic amines) is 1. The Morgan fingerprint density at radius 2 is 1.61 bits per heavy atom. The third-order valence-electron chi connectivity index (χ3n) is 4.75. The van der Waals surface area contributed by atoms with Crippen molar-refractivity contribution in [1.29, 1.82) is 0 Å². The zero-order chi connectivity index (χ0) is 20.6. The van der Waals surface area contributed by atoms with Crippen molar-refractivity contribution in [2.45, 2.75) is 32.1 Å². The zero-order valence-corrected chi connectivity index (χ0v) is 16.3. The van der Waals surface area contributed by atoms with Crippen LogP contribution >= 0.6 is 0 Å². The molecule has 0 unspecified atom stereocenters. The van der Waals surface area contributed by atoms with Crippen molar-refractivity contribution in [3.05, 3.63) is 29.8 Å². The summed E-state index contributed by atoms with van der Waals surface area (Å²) in [7, 11) is 0. The van der Waals surface area contributed by atoms with Gasteiger partial charge < -0.3 is 20.4 Å². The Balaban J connectivity index is 0.000000582. The molecule has 2 heterocycles. The molecule has 1 saturated heterocycles. The molecule has 0 saturated carbocycles. The molecule has 8 nitrogen and oxygen atoms in total. The smallest absolute Gasteiger partial charge is 0.290 e. The highest BCUT2D eigenvalue weighted by molar-refractivity contribution is 5.78. The summed E-state index contributed by atoms with van der Waals surface area (Å²) < 4.78 is 0. The van der Waals surface area contributed by atoms with Gasteiger partial charge in [0.2, 0.25) is 5.91 Å². The van der Waals surface area contributed by atoms with E-state index in [0.717, 1.165) is 39.1 Å². The Kier molecular flexibility index (Phi) is 12.1. The van der Waals surface area contributed by atoms with Gasteiger partial charge in [0.1, 0.15) is 0 Å². The summed E-state index contributed by atoms with van der Waals surface area (Å²) in [5, 5.41) is 16.9. The topological polar surface area (TPSA) is 110 Å². The highest BCUT2D eigenvalue weighted by Gasteiger charge is 2.18. The Bertz CT molecular complexity index is 583. The molecule has 3 rings (SSSR count). The summed E-state index contributed by atoms with van der Waals surface area (Å²) in [6, 6.07) is 8.58. The normalized spacial score (nSPS) is 15.6. The van der Waals surface area contributed by atoms with E-state index >= 15 is 0 Å². The second kappa shape index (κ2) is 14.4. The molecule has 1 aromatic rings. The lowest BCUT2D eigenvalue weighted by molar-refractivity contribution is -0.123. The van der Waals surface area contributed by atoms with Crippen molar-refractivity contribution in [2.24, 2.45) is 0 Å². The highest BCUT2D eigenvalue weighted by atomic mass is 16.3. The number of hydrogen-bond acceptors (Lipinski definition) is 5. The summed E-state index contributed by atoms with van der Waals surface area (Å²) >= 11 is 0. The average molecular weight is 393 g/mol. The van der Waals surface area contributed by atoms with Gasteiger partial charge in [0.25, 0.3) is 12.9 Å². The van der Waals surface area contributed by atoms with E-state index in [-0.39, 0.29) is 18.9 Å². The van der Waals surface area contributed by atoms with Crippen molar-refractivity contribution < 1.29 is 24.6 Å². The lowest BCUT2D eigenvalue weighted by atomic mass is 10.2. The SMILES string of the molecule is O=C(CN1CCCCCC1)NCCN1CCc2ccccc21.O=CO.O=CO. The van der Waals surface area contributed by atoms with Crippen LogP contribution in [0.2, 0.25) is 0 Å². The number of carboxylic acid groups (broad SMARTS) is 2. The van der Waals surface area contributed by atoms with E-state index in [1.165, 1.54) is 36.9 Å². The molecular formula is C20H31N3O5. The molecule has 1 aromatic carbocycles. The summed E-state index contributed by atoms with van der Waals surface area (Å²) in [6.45, 7) is 4.93. The molecule has 2 aliphatic heterocycles. The number of nitrogens with one attached hydrogen (secondary N) is 1. The Morgan fingerprint density at radius 1 is 1.00 bits per heavy atom. The number of amides is 1. The van der Waals surface area contributed by atoms with E-state index in [0.29, 0.717) is 6.54 Å². The van der Waals surface area contributed by atoms with Crippen LogP contribution in [-0.2, 0) is 20.8 Å². The number of anilines is 1. The number of rotatable bonds is 5. The van der Waals surface area contributed by atoms with Gasteiger partial charge in [-0.05, 0) is 44.0 Å². The average Bonchev–Trinajstić information content (AvgIpc) is 2.91. The largest absolute Gasteiger partial charge is 0.483 e. The summed E-state index contributed by atoms with van der Waals surface area (Å²) in [5.74, 6) is 0.175. The van der Waals surface area contributed by atoms with Crippen LogP contribution in [0.4, 0.5) is 5.69 Å². The fraction of sp³-hybridized carbons (Fsp3) is 0.550. The second-order valence-corrected chi connectivity index (χ2v) is 6.62. The van der Waals surface area contributed by atoms with Crippen LogP contribution in [0.15, 0.2) is 24.3 Å². The fourth-order valence-electron chi connectivity index (χ4n) is 3.52. The predicted octanol–water partition coefficient (Wildman–Crippen LogP) is 1.44. The first-order chi connectivity index (χ1) is 13.7. The lowest BCUT2D eigenvalue weighted by Crippen LogP contribution is -2.40. The van der Waals surface area contributed by atoms with Crippen LogP contribution in [0.1, 0.15) is 31.2 Å². The first-order valence-electron chi connectivity index (χ1n) is 9.63. The van der Waals surface area contributed by atoms with Gasteiger partial charge in [-0.15, -0.1) is 0 Å². The molecule has 3 N–H and O–H groups in total. The molecule has 8 heteroatoms. The van der Waals surface area contributed by atoms with Gasteiger partial charge in [-0.2, -0.15) is 0 Å². The van der Waals surface area contributed by atoms with Crippen molar-refractivity contribution >= 4 is 24.5 Å². The number of nitrogens with zero attached hydrogens (tertiary/aromatic N) is 2. The minimum absolute atomic E-state index is 0.175. The van der Waals surface area contributed by atoms with Crippen LogP contribution in [-0.4, -0.2) is 73.2 Å². The Labute approximate surface area is 166 Å². The van der Waals surface area contributed by atoms with Crippen LogP contribution < -0.4 is 10.2 Å². The van der Waals surface area contributed by atoms with Gasteiger partial charge in [-0.25, -0.2) is 0 Å². The molecule has 28 heavy (non-hydrogen) atoms. The zero-order valence-electron chi connectivity index (χ0n) is 16.3. The third kappa shape index (κ3) is 8.85. The number of benzene rings is 1. The molecule has 2 aliphatic rings. The molecule has 0 radical (unpaired) electrons. The van der Waals surface area contributed by atoms with Gasteiger partial charge in [-0.3, -0.25) is 19.3 Å². The first-order valence-corrected chi connectivity index (χ1v) is 9.63. The molecule has 0 atom stereocenters. The number of hydrogen-bond donors (Lipinski definition) is 3. The van der Waals surface area contributed by atoms with Crippen molar-refractivity contribution in [1.82, 2.24) is 10.2 Å². The molecule has 0 aromatic heterocycles. The Morgan fingerprint density at radius 3 is 2.25 bits per heavy atom. The number of carbonyl (C=O) groups is 3. The summed E-state index contributed by atoms with van der Waals surface area (Å²) in [5.41, 5.74) is 2.77. The van der Waals surface area contributed by atoms with Crippen LogP contribution in [0.3, 0.4) is 0 Å². The van der Waals surface area contributed by atoms with Gasteiger partial charge in [0, 0.05) is 25.3 Å². The van der Waals surface area contributed by atoms with Gasteiger partial charge in [-0.1, -0.05) is 31.0 Å². The Hall–Kier alpha value is -2.61. The van der Waals surface area contributed by atoms with Gasteiger partial charge >= 0.3 is 0 Å². The van der Waals surface area contributed by atoms with Crippen LogP contribution in [0.25, 0.3) is 0 Å². The standard InChI is InChI=1S/C18H27N3O.2CH2O2/c22-18(15-20-11-5-1-2-6-12-20)19-10-14-21-13-9-16-7-3-4-8-17(16)21;2*2-1-3/h3-4,7-8H,1-2,5-6,9-15H2,(H,19,22);2*1H,(H,2,3). The molecule has 0 bridgehead atoms. The second-order valence-electron chi connectivity index (χ2n) is 6.62. The lowest BCUT2D eigenvalue weighted by Gasteiger charge is -2.21. The van der Waals surface area contributed by atoms with E-state index in [1.807, 2.05) is 0 Å². The maximum atomic E-state index is 12.1. The molecule has 1 amide bonds. The van der Waals surface area contributed by atoms with E-state index in [4.69, 9.17) is 19.8 Å². The van der Waals surface area contributed by atoms with E-state index in [1.54, 1.807) is 0 Å². The third-order valence-corrected chi connectivity index (χ3v) is 4.75. The molecule has 156 valence electrons. The van der Waals surface area contributed by atoms with Crippen molar-refractivity contribution in [2.75, 3.05) is 44.2 Å². The molecule has 0 aliphatic carbocycles. The van der Waals surface area contributed by atoms with Gasteiger partial charge in [0.05, 0.1) is 6.54 Å². The first kappa shape index (κ1) is 23.4. The number of carbonyl (C=O) groups excluding carboxylic acids is 1. The summed E-state index contributed by atoms with van der Waals surface area (Å²) in [4.78, 5) is 33.5. The van der Waals surface area contributed by atoms with E-state index in [2.05, 4.69) is 39.4 Å². The highest BCUT2D eigenvalue weighted by Crippen LogP contribution is 2.26. The quantitative estimate of drug-likeness (QED) is 0.649. The van der Waals surface area contributed by atoms with Crippen LogP contribution in [0.5, 0.6) is 0 Å². The minimum atomic E-state index is -0.250.